The Kier molecular flexibility index (Phi) is 6.97. The second kappa shape index (κ2) is 9.66. The predicted octanol–water partition coefficient (Wildman–Crippen LogP) is 4.43. The van der Waals surface area contributed by atoms with Gasteiger partial charge in [-0.25, -0.2) is 8.42 Å². The normalized spacial score (nSPS) is 12.1. The van der Waals surface area contributed by atoms with Gasteiger partial charge < -0.3 is 10.1 Å². The highest BCUT2D eigenvalue weighted by Crippen LogP contribution is 2.33. The van der Waals surface area contributed by atoms with Crippen molar-refractivity contribution in [3.8, 4) is 11.5 Å². The average Bonchev–Trinajstić information content (AvgIpc) is 2.73. The van der Waals surface area contributed by atoms with Gasteiger partial charge in [-0.1, -0.05) is 60.2 Å². The third-order valence-electron chi connectivity index (χ3n) is 4.75. The molecule has 162 valence electrons. The van der Waals surface area contributed by atoms with Crippen molar-refractivity contribution in [2.75, 3.05) is 17.1 Å². The van der Waals surface area contributed by atoms with Crippen LogP contribution in [-0.4, -0.2) is 27.1 Å². The number of anilines is 1. The number of sulfonamides is 1. The molecule has 0 aliphatic carbocycles. The lowest BCUT2D eigenvalue weighted by molar-refractivity contribution is -0.120. The highest BCUT2D eigenvalue weighted by molar-refractivity contribution is 7.92. The molecule has 0 radical (unpaired) electrons. The van der Waals surface area contributed by atoms with Crippen molar-refractivity contribution in [3.05, 3.63) is 90.0 Å². The van der Waals surface area contributed by atoms with E-state index in [9.17, 15) is 13.2 Å². The lowest BCUT2D eigenvalue weighted by Gasteiger charge is -2.25. The molecule has 0 aliphatic rings. The molecule has 0 saturated carbocycles. The van der Waals surface area contributed by atoms with Crippen LogP contribution in [0.3, 0.4) is 0 Å². The monoisotopic (exact) mass is 438 g/mol. The molecule has 1 amide bonds. The Morgan fingerprint density at radius 2 is 1.58 bits per heavy atom. The minimum absolute atomic E-state index is 0.259. The second-order valence-corrected chi connectivity index (χ2v) is 9.26. The molecule has 0 aliphatic heterocycles. The standard InChI is InChI=1S/C24H26N2O4S/c1-18-13-15-20(16-14-18)19(2)25-24(27)17-26(31(3,28)29)22-11-7-8-12-23(22)30-21-9-5-4-6-10-21/h4-16,19H,17H2,1-3H3,(H,25,27). The molecule has 1 atom stereocenters. The average molecular weight is 439 g/mol. The molecule has 0 saturated heterocycles. The minimum atomic E-state index is -3.74. The SMILES string of the molecule is Cc1ccc(C(C)NC(=O)CN(c2ccccc2Oc2ccccc2)S(C)(=O)=O)cc1. The highest BCUT2D eigenvalue weighted by Gasteiger charge is 2.25. The lowest BCUT2D eigenvalue weighted by atomic mass is 10.1. The fourth-order valence-electron chi connectivity index (χ4n) is 3.10. The van der Waals surface area contributed by atoms with E-state index in [4.69, 9.17) is 4.74 Å². The topological polar surface area (TPSA) is 75.7 Å². The van der Waals surface area contributed by atoms with Gasteiger partial charge in [0.05, 0.1) is 18.0 Å². The van der Waals surface area contributed by atoms with E-state index in [1.807, 2.05) is 56.3 Å². The number of carbonyl (C=O) groups is 1. The van der Waals surface area contributed by atoms with Gasteiger partial charge in [0, 0.05) is 0 Å². The molecule has 0 bridgehead atoms. The largest absolute Gasteiger partial charge is 0.455 e. The number of hydrogen-bond donors (Lipinski definition) is 1. The van der Waals surface area contributed by atoms with Crippen molar-refractivity contribution in [2.45, 2.75) is 19.9 Å². The summed E-state index contributed by atoms with van der Waals surface area (Å²) in [4.78, 5) is 12.7. The maximum Gasteiger partial charge on any atom is 0.241 e. The van der Waals surface area contributed by atoms with Crippen LogP contribution in [0.4, 0.5) is 5.69 Å². The summed E-state index contributed by atoms with van der Waals surface area (Å²) in [5, 5.41) is 2.87. The van der Waals surface area contributed by atoms with Gasteiger partial charge in [-0.15, -0.1) is 0 Å². The number of nitrogens with one attached hydrogen (secondary N) is 1. The molecule has 31 heavy (non-hydrogen) atoms. The van der Waals surface area contributed by atoms with Crippen molar-refractivity contribution in [3.63, 3.8) is 0 Å². The number of benzene rings is 3. The molecule has 1 unspecified atom stereocenters. The fourth-order valence-corrected chi connectivity index (χ4v) is 3.96. The first-order chi connectivity index (χ1) is 14.7. The van der Waals surface area contributed by atoms with E-state index < -0.39 is 15.9 Å². The lowest BCUT2D eigenvalue weighted by Crippen LogP contribution is -2.41. The van der Waals surface area contributed by atoms with E-state index in [0.29, 0.717) is 17.2 Å². The summed E-state index contributed by atoms with van der Waals surface area (Å²) in [5.41, 5.74) is 2.37. The van der Waals surface area contributed by atoms with Gasteiger partial charge in [-0.05, 0) is 43.7 Å². The van der Waals surface area contributed by atoms with Gasteiger partial charge in [0.1, 0.15) is 12.3 Å². The number of amides is 1. The molecule has 0 heterocycles. The Morgan fingerprint density at radius 1 is 0.968 bits per heavy atom. The smallest absolute Gasteiger partial charge is 0.241 e. The van der Waals surface area contributed by atoms with Crippen LogP contribution in [0.25, 0.3) is 0 Å². The maximum absolute atomic E-state index is 12.7. The maximum atomic E-state index is 12.7. The van der Waals surface area contributed by atoms with E-state index in [2.05, 4.69) is 5.32 Å². The summed E-state index contributed by atoms with van der Waals surface area (Å²) in [6, 6.07) is 23.4. The Morgan fingerprint density at radius 3 is 2.23 bits per heavy atom. The second-order valence-electron chi connectivity index (χ2n) is 7.35. The van der Waals surface area contributed by atoms with E-state index in [-0.39, 0.29) is 12.6 Å². The van der Waals surface area contributed by atoms with Crippen LogP contribution in [0, 0.1) is 6.92 Å². The van der Waals surface area contributed by atoms with Crippen molar-refractivity contribution in [1.29, 1.82) is 0 Å². The number of nitrogens with zero attached hydrogens (tertiary/aromatic N) is 1. The van der Waals surface area contributed by atoms with Gasteiger partial charge in [-0.2, -0.15) is 0 Å². The summed E-state index contributed by atoms with van der Waals surface area (Å²) in [5.74, 6) is 0.507. The molecule has 3 aromatic rings. The Bertz CT molecular complexity index is 1130. The van der Waals surface area contributed by atoms with E-state index in [0.717, 1.165) is 21.7 Å². The Hall–Kier alpha value is -3.32. The summed E-state index contributed by atoms with van der Waals surface area (Å²) in [6.45, 7) is 3.50. The molecule has 0 aromatic heterocycles. The molecular weight excluding hydrogens is 412 g/mol. The highest BCUT2D eigenvalue weighted by atomic mass is 32.2. The molecule has 0 fully saturated rings. The number of aryl methyl sites for hydroxylation is 1. The quantitative estimate of drug-likeness (QED) is 0.565. The zero-order chi connectivity index (χ0) is 22.4. The van der Waals surface area contributed by atoms with Crippen molar-refractivity contribution < 1.29 is 17.9 Å². The van der Waals surface area contributed by atoms with Crippen LogP contribution in [0.15, 0.2) is 78.9 Å². The summed E-state index contributed by atoms with van der Waals surface area (Å²) in [7, 11) is -3.74. The van der Waals surface area contributed by atoms with E-state index in [1.54, 1.807) is 36.4 Å². The van der Waals surface area contributed by atoms with Crippen LogP contribution < -0.4 is 14.4 Å². The predicted molar refractivity (Wildman–Crippen MR) is 123 cm³/mol. The van der Waals surface area contributed by atoms with Crippen molar-refractivity contribution in [1.82, 2.24) is 5.32 Å². The molecule has 6 nitrogen and oxygen atoms in total. The Balaban J connectivity index is 1.81. The molecule has 7 heteroatoms. The molecule has 0 spiro atoms. The number of para-hydroxylation sites is 3. The zero-order valence-corrected chi connectivity index (χ0v) is 18.6. The molecule has 3 rings (SSSR count). The first-order valence-corrected chi connectivity index (χ1v) is 11.7. The van der Waals surface area contributed by atoms with Crippen molar-refractivity contribution >= 4 is 21.6 Å². The Labute approximate surface area is 183 Å². The van der Waals surface area contributed by atoms with E-state index in [1.165, 1.54) is 0 Å². The summed E-state index contributed by atoms with van der Waals surface area (Å²) < 4.78 is 32.1. The third-order valence-corrected chi connectivity index (χ3v) is 5.87. The first kappa shape index (κ1) is 22.4. The van der Waals surface area contributed by atoms with Crippen LogP contribution in [0.2, 0.25) is 0 Å². The van der Waals surface area contributed by atoms with Gasteiger partial charge in [0.25, 0.3) is 0 Å². The van der Waals surface area contributed by atoms with Gasteiger partial charge >= 0.3 is 0 Å². The molecule has 3 aromatic carbocycles. The number of ether oxygens (including phenoxy) is 1. The zero-order valence-electron chi connectivity index (χ0n) is 17.8. The van der Waals surface area contributed by atoms with Crippen LogP contribution in [0.1, 0.15) is 24.1 Å². The van der Waals surface area contributed by atoms with Crippen molar-refractivity contribution in [2.24, 2.45) is 0 Å². The van der Waals surface area contributed by atoms with Crippen LogP contribution in [-0.2, 0) is 14.8 Å². The molecule has 1 N–H and O–H groups in total. The number of carbonyl (C=O) groups excluding carboxylic acids is 1. The van der Waals surface area contributed by atoms with Gasteiger partial charge in [-0.3, -0.25) is 9.10 Å². The minimum Gasteiger partial charge on any atom is -0.455 e. The third kappa shape index (κ3) is 6.08. The summed E-state index contributed by atoms with van der Waals surface area (Å²) in [6.07, 6.45) is 1.07. The van der Waals surface area contributed by atoms with E-state index >= 15 is 0 Å². The number of hydrogen-bond acceptors (Lipinski definition) is 4. The fraction of sp³-hybridized carbons (Fsp3) is 0.208. The summed E-state index contributed by atoms with van der Waals surface area (Å²) >= 11 is 0. The van der Waals surface area contributed by atoms with Gasteiger partial charge in [0.15, 0.2) is 5.75 Å². The van der Waals surface area contributed by atoms with Crippen LogP contribution in [0.5, 0.6) is 11.5 Å². The number of rotatable bonds is 8. The molecular formula is C24H26N2O4S. The van der Waals surface area contributed by atoms with Crippen LogP contribution >= 0.6 is 0 Å². The van der Waals surface area contributed by atoms with Gasteiger partial charge in [0.2, 0.25) is 15.9 Å². The first-order valence-electron chi connectivity index (χ1n) is 9.89.